The summed E-state index contributed by atoms with van der Waals surface area (Å²) in [5.41, 5.74) is 5.78. The lowest BCUT2D eigenvalue weighted by molar-refractivity contribution is 0.0773. The van der Waals surface area contributed by atoms with Crippen LogP contribution in [0.15, 0.2) is 60.8 Å². The summed E-state index contributed by atoms with van der Waals surface area (Å²) >= 11 is 0. The second-order valence-corrected chi connectivity index (χ2v) is 6.77. The van der Waals surface area contributed by atoms with E-state index >= 15 is 0 Å². The summed E-state index contributed by atoms with van der Waals surface area (Å²) in [6.45, 7) is 3.46. The Labute approximate surface area is 148 Å². The first kappa shape index (κ1) is 15.7. The third kappa shape index (κ3) is 2.86. The van der Waals surface area contributed by atoms with E-state index in [0.717, 1.165) is 24.1 Å². The third-order valence-corrected chi connectivity index (χ3v) is 5.00. The van der Waals surface area contributed by atoms with Gasteiger partial charge < -0.3 is 9.47 Å². The number of nitrogens with zero attached hydrogens (tertiary/aromatic N) is 2. The smallest absolute Gasteiger partial charge is 0.254 e. The fourth-order valence-electron chi connectivity index (χ4n) is 3.66. The van der Waals surface area contributed by atoms with Crippen LogP contribution in [0.1, 0.15) is 27.9 Å². The van der Waals surface area contributed by atoms with Crippen LogP contribution in [-0.4, -0.2) is 28.5 Å². The Hall–Kier alpha value is -2.81. The van der Waals surface area contributed by atoms with Crippen molar-refractivity contribution in [3.05, 3.63) is 77.5 Å². The highest BCUT2D eigenvalue weighted by Gasteiger charge is 2.20. The molecule has 1 aromatic heterocycles. The number of rotatable bonds is 2. The van der Waals surface area contributed by atoms with E-state index < -0.39 is 0 Å². The number of hydrogen-bond donors (Lipinski definition) is 0. The Morgan fingerprint density at radius 2 is 1.92 bits per heavy atom. The van der Waals surface area contributed by atoms with Gasteiger partial charge in [-0.2, -0.15) is 0 Å². The van der Waals surface area contributed by atoms with Gasteiger partial charge in [0.2, 0.25) is 0 Å². The molecular weight excluding hydrogens is 308 g/mol. The molecule has 2 aromatic carbocycles. The largest absolute Gasteiger partial charge is 0.350 e. The maximum atomic E-state index is 12.7. The number of para-hydroxylation sites is 1. The summed E-state index contributed by atoms with van der Waals surface area (Å²) in [6, 6.07) is 16.3. The molecule has 126 valence electrons. The minimum Gasteiger partial charge on any atom is -0.350 e. The number of amides is 1. The maximum Gasteiger partial charge on any atom is 0.254 e. The molecule has 3 aromatic rings. The standard InChI is InChI=1S/C22H22N2O/c1-16-6-5-7-18(14-16)22(25)24-12-10-17(11-13-24)20-15-23(2)21-9-4-3-8-19(20)21/h3-10,14-15H,11-13H2,1-2H3. The summed E-state index contributed by atoms with van der Waals surface area (Å²) in [5, 5.41) is 1.29. The van der Waals surface area contributed by atoms with E-state index in [2.05, 4.69) is 48.2 Å². The third-order valence-electron chi connectivity index (χ3n) is 5.00. The molecule has 1 aliphatic rings. The van der Waals surface area contributed by atoms with Crippen LogP contribution >= 0.6 is 0 Å². The monoisotopic (exact) mass is 330 g/mol. The van der Waals surface area contributed by atoms with Gasteiger partial charge in [0.25, 0.3) is 5.91 Å². The molecule has 1 aliphatic heterocycles. The van der Waals surface area contributed by atoms with Crippen LogP contribution in [0, 0.1) is 6.92 Å². The number of fused-ring (bicyclic) bond motifs is 1. The van der Waals surface area contributed by atoms with Gasteiger partial charge in [0.15, 0.2) is 0 Å². The molecule has 0 aliphatic carbocycles. The Kier molecular flexibility index (Phi) is 3.92. The molecule has 0 unspecified atom stereocenters. The molecule has 0 spiro atoms. The fraction of sp³-hybridized carbons (Fsp3) is 0.227. The first-order valence-electron chi connectivity index (χ1n) is 8.73. The highest BCUT2D eigenvalue weighted by molar-refractivity contribution is 5.96. The van der Waals surface area contributed by atoms with E-state index in [1.54, 1.807) is 0 Å². The van der Waals surface area contributed by atoms with Crippen LogP contribution < -0.4 is 0 Å². The summed E-state index contributed by atoms with van der Waals surface area (Å²) in [5.74, 6) is 0.122. The van der Waals surface area contributed by atoms with Crippen molar-refractivity contribution >= 4 is 22.4 Å². The minimum atomic E-state index is 0.122. The Morgan fingerprint density at radius 3 is 2.68 bits per heavy atom. The lowest BCUT2D eigenvalue weighted by Crippen LogP contribution is -2.34. The van der Waals surface area contributed by atoms with Crippen LogP contribution in [0.2, 0.25) is 0 Å². The number of hydrogen-bond acceptors (Lipinski definition) is 1. The van der Waals surface area contributed by atoms with E-state index in [1.807, 2.05) is 36.1 Å². The minimum absolute atomic E-state index is 0.122. The summed E-state index contributed by atoms with van der Waals surface area (Å²) < 4.78 is 2.18. The number of aromatic nitrogens is 1. The van der Waals surface area contributed by atoms with Crippen molar-refractivity contribution in [1.82, 2.24) is 9.47 Å². The molecule has 0 N–H and O–H groups in total. The first-order chi connectivity index (χ1) is 12.1. The topological polar surface area (TPSA) is 25.2 Å². The van der Waals surface area contributed by atoms with Crippen LogP contribution in [0.25, 0.3) is 16.5 Å². The van der Waals surface area contributed by atoms with Crippen LogP contribution in [0.5, 0.6) is 0 Å². The molecule has 0 atom stereocenters. The van der Waals surface area contributed by atoms with Crippen LogP contribution in [-0.2, 0) is 7.05 Å². The molecule has 0 radical (unpaired) electrons. The number of aryl methyl sites for hydroxylation is 2. The van der Waals surface area contributed by atoms with E-state index in [4.69, 9.17) is 0 Å². The van der Waals surface area contributed by atoms with E-state index in [9.17, 15) is 4.79 Å². The van der Waals surface area contributed by atoms with Crippen molar-refractivity contribution in [1.29, 1.82) is 0 Å². The quantitative estimate of drug-likeness (QED) is 0.683. The SMILES string of the molecule is Cc1cccc(C(=O)N2CC=C(c3cn(C)c4ccccc34)CC2)c1. The number of carbonyl (C=O) groups is 1. The van der Waals surface area contributed by atoms with Crippen molar-refractivity contribution in [3.8, 4) is 0 Å². The second-order valence-electron chi connectivity index (χ2n) is 6.77. The average Bonchev–Trinajstić information content (AvgIpc) is 2.98. The molecule has 3 nitrogen and oxygen atoms in total. The Balaban J connectivity index is 1.59. The van der Waals surface area contributed by atoms with Gasteiger partial charge in [-0.3, -0.25) is 4.79 Å². The zero-order valence-corrected chi connectivity index (χ0v) is 14.7. The van der Waals surface area contributed by atoms with Gasteiger partial charge in [0.05, 0.1) is 0 Å². The molecule has 3 heteroatoms. The van der Waals surface area contributed by atoms with Crippen LogP contribution in [0.4, 0.5) is 0 Å². The zero-order valence-electron chi connectivity index (χ0n) is 14.7. The first-order valence-corrected chi connectivity index (χ1v) is 8.73. The molecule has 25 heavy (non-hydrogen) atoms. The fourth-order valence-corrected chi connectivity index (χ4v) is 3.66. The average molecular weight is 330 g/mol. The van der Waals surface area contributed by atoms with E-state index in [0.29, 0.717) is 6.54 Å². The zero-order chi connectivity index (χ0) is 17.4. The van der Waals surface area contributed by atoms with E-state index in [-0.39, 0.29) is 5.91 Å². The van der Waals surface area contributed by atoms with Gasteiger partial charge >= 0.3 is 0 Å². The number of carbonyl (C=O) groups excluding carboxylic acids is 1. The van der Waals surface area contributed by atoms with Crippen LogP contribution in [0.3, 0.4) is 0 Å². The number of benzene rings is 2. The van der Waals surface area contributed by atoms with Gasteiger partial charge in [0, 0.05) is 48.4 Å². The molecule has 0 saturated carbocycles. The van der Waals surface area contributed by atoms with Crippen molar-refractivity contribution < 1.29 is 4.79 Å². The van der Waals surface area contributed by atoms with Gasteiger partial charge in [-0.25, -0.2) is 0 Å². The van der Waals surface area contributed by atoms with Crippen molar-refractivity contribution in [2.75, 3.05) is 13.1 Å². The molecular formula is C22H22N2O. The highest BCUT2D eigenvalue weighted by Crippen LogP contribution is 2.30. The normalized spacial score (nSPS) is 14.6. The predicted molar refractivity (Wildman–Crippen MR) is 103 cm³/mol. The van der Waals surface area contributed by atoms with Gasteiger partial charge in [0.1, 0.15) is 0 Å². The van der Waals surface area contributed by atoms with Gasteiger partial charge in [-0.1, -0.05) is 42.0 Å². The molecule has 0 bridgehead atoms. The molecule has 4 rings (SSSR count). The summed E-state index contributed by atoms with van der Waals surface area (Å²) in [4.78, 5) is 14.6. The molecule has 2 heterocycles. The lowest BCUT2D eigenvalue weighted by atomic mass is 9.98. The lowest BCUT2D eigenvalue weighted by Gasteiger charge is -2.26. The molecule has 1 amide bonds. The Morgan fingerprint density at radius 1 is 1.08 bits per heavy atom. The van der Waals surface area contributed by atoms with Crippen molar-refractivity contribution in [3.63, 3.8) is 0 Å². The maximum absolute atomic E-state index is 12.7. The molecule has 0 fully saturated rings. The Bertz CT molecular complexity index is 981. The summed E-state index contributed by atoms with van der Waals surface area (Å²) in [7, 11) is 2.09. The predicted octanol–water partition coefficient (Wildman–Crippen LogP) is 4.42. The summed E-state index contributed by atoms with van der Waals surface area (Å²) in [6.07, 6.45) is 5.30. The second kappa shape index (κ2) is 6.25. The molecule has 0 saturated heterocycles. The van der Waals surface area contributed by atoms with Gasteiger partial charge in [-0.05, 0) is 37.1 Å². The van der Waals surface area contributed by atoms with Gasteiger partial charge in [-0.15, -0.1) is 0 Å². The van der Waals surface area contributed by atoms with E-state index in [1.165, 1.54) is 22.0 Å². The van der Waals surface area contributed by atoms with Crippen molar-refractivity contribution in [2.45, 2.75) is 13.3 Å². The highest BCUT2D eigenvalue weighted by atomic mass is 16.2. The van der Waals surface area contributed by atoms with Crippen molar-refractivity contribution in [2.24, 2.45) is 7.05 Å².